The summed E-state index contributed by atoms with van der Waals surface area (Å²) < 4.78 is 0. The maximum Gasteiger partial charge on any atom is 0.219 e. The fraction of sp³-hybridized carbons (Fsp3) is 0.909. The van der Waals surface area contributed by atoms with Gasteiger partial charge in [0.1, 0.15) is 0 Å². The summed E-state index contributed by atoms with van der Waals surface area (Å²) in [7, 11) is 0. The molecule has 82 valence electrons. The topological polar surface area (TPSA) is 55.1 Å². The molecule has 1 fully saturated rings. The predicted molar refractivity (Wildman–Crippen MR) is 57.8 cm³/mol. The summed E-state index contributed by atoms with van der Waals surface area (Å²) in [6.07, 6.45) is 5.58. The fourth-order valence-corrected chi connectivity index (χ4v) is 2.18. The highest BCUT2D eigenvalue weighted by Gasteiger charge is 2.20. The quantitative estimate of drug-likeness (QED) is 0.715. The van der Waals surface area contributed by atoms with E-state index in [1.54, 1.807) is 0 Å². The normalized spacial score (nSPS) is 27.3. The van der Waals surface area contributed by atoms with Crippen LogP contribution < -0.4 is 11.1 Å². The molecule has 0 radical (unpaired) electrons. The van der Waals surface area contributed by atoms with E-state index in [-0.39, 0.29) is 5.91 Å². The van der Waals surface area contributed by atoms with Crippen LogP contribution >= 0.6 is 0 Å². The Kier molecular flexibility index (Phi) is 4.94. The van der Waals surface area contributed by atoms with Crippen molar-refractivity contribution in [2.45, 2.75) is 39.0 Å². The van der Waals surface area contributed by atoms with Crippen molar-refractivity contribution < 1.29 is 4.79 Å². The van der Waals surface area contributed by atoms with Gasteiger partial charge in [-0.1, -0.05) is 13.3 Å². The first-order chi connectivity index (χ1) is 6.76. The zero-order chi connectivity index (χ0) is 10.4. The maximum atomic E-state index is 11.1. The van der Waals surface area contributed by atoms with Crippen molar-refractivity contribution in [2.75, 3.05) is 13.1 Å². The van der Waals surface area contributed by atoms with Crippen molar-refractivity contribution in [1.82, 2.24) is 5.32 Å². The first-order valence-corrected chi connectivity index (χ1v) is 5.73. The molecule has 0 saturated heterocycles. The monoisotopic (exact) mass is 198 g/mol. The molecule has 1 saturated carbocycles. The van der Waals surface area contributed by atoms with Gasteiger partial charge in [-0.05, 0) is 37.6 Å². The molecule has 1 rings (SSSR count). The molecule has 0 aromatic rings. The van der Waals surface area contributed by atoms with Gasteiger partial charge >= 0.3 is 0 Å². The van der Waals surface area contributed by atoms with E-state index in [0.29, 0.717) is 18.3 Å². The number of amides is 1. The van der Waals surface area contributed by atoms with Crippen molar-refractivity contribution in [3.63, 3.8) is 0 Å². The lowest BCUT2D eigenvalue weighted by atomic mass is 9.81. The van der Waals surface area contributed by atoms with Crippen LogP contribution in [0.25, 0.3) is 0 Å². The van der Waals surface area contributed by atoms with E-state index in [0.717, 1.165) is 13.1 Å². The predicted octanol–water partition coefficient (Wildman–Crippen LogP) is 1.28. The van der Waals surface area contributed by atoms with E-state index in [1.807, 2.05) is 6.92 Å². The van der Waals surface area contributed by atoms with Crippen molar-refractivity contribution in [1.29, 1.82) is 0 Å². The van der Waals surface area contributed by atoms with Gasteiger partial charge in [0.25, 0.3) is 0 Å². The van der Waals surface area contributed by atoms with Crippen LogP contribution in [0.15, 0.2) is 0 Å². The van der Waals surface area contributed by atoms with Gasteiger partial charge in [-0.15, -0.1) is 0 Å². The lowest BCUT2D eigenvalue weighted by molar-refractivity contribution is -0.121. The third kappa shape index (κ3) is 3.66. The molecule has 0 aromatic heterocycles. The Morgan fingerprint density at radius 3 is 2.79 bits per heavy atom. The molecule has 3 nitrogen and oxygen atoms in total. The molecule has 14 heavy (non-hydrogen) atoms. The van der Waals surface area contributed by atoms with Crippen molar-refractivity contribution >= 4 is 5.91 Å². The van der Waals surface area contributed by atoms with Crippen molar-refractivity contribution in [3.05, 3.63) is 0 Å². The molecule has 0 spiro atoms. The highest BCUT2D eigenvalue weighted by molar-refractivity contribution is 5.75. The second-order valence-corrected chi connectivity index (χ2v) is 4.29. The van der Waals surface area contributed by atoms with Gasteiger partial charge in [0.05, 0.1) is 0 Å². The number of hydrogen-bond acceptors (Lipinski definition) is 2. The minimum Gasteiger partial charge on any atom is -0.356 e. The molecule has 0 heterocycles. The first-order valence-electron chi connectivity index (χ1n) is 5.73. The van der Waals surface area contributed by atoms with Gasteiger partial charge in [0, 0.05) is 13.0 Å². The number of rotatable bonds is 4. The summed E-state index contributed by atoms with van der Waals surface area (Å²) in [5, 5.41) is 2.97. The third-order valence-electron chi connectivity index (χ3n) is 3.13. The summed E-state index contributed by atoms with van der Waals surface area (Å²) in [6, 6.07) is 0. The van der Waals surface area contributed by atoms with Crippen LogP contribution in [0.1, 0.15) is 39.0 Å². The second-order valence-electron chi connectivity index (χ2n) is 4.29. The van der Waals surface area contributed by atoms with Gasteiger partial charge < -0.3 is 11.1 Å². The average molecular weight is 198 g/mol. The lowest BCUT2D eigenvalue weighted by Gasteiger charge is -2.28. The van der Waals surface area contributed by atoms with Gasteiger partial charge in [-0.2, -0.15) is 0 Å². The average Bonchev–Trinajstić information content (AvgIpc) is 2.26. The molecule has 3 heteroatoms. The van der Waals surface area contributed by atoms with Crippen molar-refractivity contribution in [3.8, 4) is 0 Å². The molecule has 0 aliphatic heterocycles. The highest BCUT2D eigenvalue weighted by Crippen LogP contribution is 2.27. The second kappa shape index (κ2) is 6.02. The van der Waals surface area contributed by atoms with Crippen LogP contribution in [0.5, 0.6) is 0 Å². The zero-order valence-corrected chi connectivity index (χ0v) is 9.09. The fourth-order valence-electron chi connectivity index (χ4n) is 2.18. The lowest BCUT2D eigenvalue weighted by Crippen LogP contribution is -2.32. The van der Waals surface area contributed by atoms with Crippen LogP contribution in [0, 0.1) is 11.8 Å². The van der Waals surface area contributed by atoms with Crippen LogP contribution in [-0.2, 0) is 4.79 Å². The van der Waals surface area contributed by atoms with Crippen LogP contribution in [-0.4, -0.2) is 19.0 Å². The first kappa shape index (κ1) is 11.5. The summed E-state index contributed by atoms with van der Waals surface area (Å²) >= 11 is 0. The number of carbonyl (C=O) groups is 1. The summed E-state index contributed by atoms with van der Waals surface area (Å²) in [4.78, 5) is 11.1. The molecule has 0 bridgehead atoms. The Labute approximate surface area is 86.4 Å². The molecule has 1 amide bonds. The number of carbonyl (C=O) groups excluding carboxylic acids is 1. The van der Waals surface area contributed by atoms with Crippen LogP contribution in [0.2, 0.25) is 0 Å². The van der Waals surface area contributed by atoms with Crippen LogP contribution in [0.3, 0.4) is 0 Å². The van der Waals surface area contributed by atoms with Gasteiger partial charge in [0.15, 0.2) is 0 Å². The largest absolute Gasteiger partial charge is 0.356 e. The maximum absolute atomic E-state index is 11.1. The summed E-state index contributed by atoms with van der Waals surface area (Å²) in [5.41, 5.74) is 5.66. The van der Waals surface area contributed by atoms with E-state index in [1.165, 1.54) is 25.7 Å². The smallest absolute Gasteiger partial charge is 0.219 e. The van der Waals surface area contributed by atoms with Crippen LogP contribution in [0.4, 0.5) is 0 Å². The molecule has 3 N–H and O–H groups in total. The summed E-state index contributed by atoms with van der Waals surface area (Å²) in [6.45, 7) is 3.54. The molecule has 0 aromatic carbocycles. The molecule has 1 aliphatic rings. The molecule has 2 atom stereocenters. The Balaban J connectivity index is 2.20. The molecule has 2 unspecified atom stereocenters. The van der Waals surface area contributed by atoms with E-state index < -0.39 is 0 Å². The Morgan fingerprint density at radius 2 is 2.14 bits per heavy atom. The van der Waals surface area contributed by atoms with Gasteiger partial charge in [-0.25, -0.2) is 0 Å². The van der Waals surface area contributed by atoms with Gasteiger partial charge in [0.2, 0.25) is 5.91 Å². The highest BCUT2D eigenvalue weighted by atomic mass is 16.1. The molecule has 1 aliphatic carbocycles. The van der Waals surface area contributed by atoms with Crippen molar-refractivity contribution in [2.24, 2.45) is 17.6 Å². The Hall–Kier alpha value is -0.570. The number of nitrogens with one attached hydrogen (secondary N) is 1. The van der Waals surface area contributed by atoms with E-state index in [4.69, 9.17) is 5.73 Å². The standard InChI is InChI=1S/C11H22N2O/c1-2-11(14)13-8-10-5-3-4-9(6-10)7-12/h9-10H,2-8,12H2,1H3,(H,13,14). The zero-order valence-electron chi connectivity index (χ0n) is 9.09. The number of hydrogen-bond donors (Lipinski definition) is 2. The van der Waals surface area contributed by atoms with Gasteiger partial charge in [-0.3, -0.25) is 4.79 Å². The Bertz CT molecular complexity index is 182. The Morgan fingerprint density at radius 1 is 1.43 bits per heavy atom. The van der Waals surface area contributed by atoms with E-state index in [2.05, 4.69) is 5.32 Å². The minimum absolute atomic E-state index is 0.167. The SMILES string of the molecule is CCC(=O)NCC1CCCC(CN)C1. The minimum atomic E-state index is 0.167. The van der Waals surface area contributed by atoms with E-state index >= 15 is 0 Å². The third-order valence-corrected chi connectivity index (χ3v) is 3.13. The number of nitrogens with two attached hydrogens (primary N) is 1. The summed E-state index contributed by atoms with van der Waals surface area (Å²) in [5.74, 6) is 1.51. The molecular formula is C11H22N2O. The van der Waals surface area contributed by atoms with E-state index in [9.17, 15) is 4.79 Å². The molecular weight excluding hydrogens is 176 g/mol.